The lowest BCUT2D eigenvalue weighted by molar-refractivity contribution is -0.0498. The summed E-state index contributed by atoms with van der Waals surface area (Å²) < 4.78 is 30.6. The number of nitrogens with zero attached hydrogens (tertiary/aromatic N) is 3. The summed E-state index contributed by atoms with van der Waals surface area (Å²) >= 11 is 6.14. The van der Waals surface area contributed by atoms with Crippen LogP contribution in [0.1, 0.15) is 45.2 Å². The van der Waals surface area contributed by atoms with E-state index in [9.17, 15) is 18.4 Å². The van der Waals surface area contributed by atoms with Crippen LogP contribution in [0.5, 0.6) is 5.75 Å². The van der Waals surface area contributed by atoms with Crippen LogP contribution in [0, 0.1) is 0 Å². The van der Waals surface area contributed by atoms with Crippen molar-refractivity contribution in [3.05, 3.63) is 94.9 Å². The fourth-order valence-corrected chi connectivity index (χ4v) is 4.77. The van der Waals surface area contributed by atoms with E-state index in [4.69, 9.17) is 11.6 Å². The number of hydrogen-bond donors (Lipinski definition) is 1. The molecular formula is C27H23ClF2N4O3. The molecule has 190 valence electrons. The smallest absolute Gasteiger partial charge is 0.387 e. The number of piperidine rings is 1. The van der Waals surface area contributed by atoms with Gasteiger partial charge in [0.2, 0.25) is 0 Å². The summed E-state index contributed by atoms with van der Waals surface area (Å²) in [5.41, 5.74) is 3.15. The van der Waals surface area contributed by atoms with Crippen LogP contribution in [0.15, 0.2) is 73.1 Å². The van der Waals surface area contributed by atoms with E-state index in [1.54, 1.807) is 27.6 Å². The molecule has 4 aromatic rings. The minimum Gasteiger partial charge on any atom is -0.435 e. The highest BCUT2D eigenvalue weighted by Crippen LogP contribution is 2.30. The number of fused-ring (bicyclic) bond motifs is 1. The van der Waals surface area contributed by atoms with Gasteiger partial charge in [0.15, 0.2) is 5.65 Å². The average Bonchev–Trinajstić information content (AvgIpc) is 3.35. The lowest BCUT2D eigenvalue weighted by Crippen LogP contribution is -2.37. The number of likely N-dealkylation sites (tertiary alicyclic amines) is 1. The van der Waals surface area contributed by atoms with E-state index < -0.39 is 6.61 Å². The zero-order chi connectivity index (χ0) is 25.9. The van der Waals surface area contributed by atoms with E-state index in [0.29, 0.717) is 40.7 Å². The van der Waals surface area contributed by atoms with Crippen molar-refractivity contribution >= 4 is 34.7 Å². The predicted molar refractivity (Wildman–Crippen MR) is 136 cm³/mol. The van der Waals surface area contributed by atoms with Crippen molar-refractivity contribution in [1.82, 2.24) is 14.3 Å². The van der Waals surface area contributed by atoms with E-state index in [-0.39, 0.29) is 23.5 Å². The largest absolute Gasteiger partial charge is 0.435 e. The second-order valence-corrected chi connectivity index (χ2v) is 9.15. The molecule has 10 heteroatoms. The van der Waals surface area contributed by atoms with E-state index in [1.165, 1.54) is 30.5 Å². The van der Waals surface area contributed by atoms with Gasteiger partial charge in [-0.1, -0.05) is 23.7 Å². The number of rotatable bonds is 6. The summed E-state index contributed by atoms with van der Waals surface area (Å²) in [6.45, 7) is -1.72. The number of carbonyl (C=O) groups excluding carboxylic acids is 2. The van der Waals surface area contributed by atoms with Crippen molar-refractivity contribution < 1.29 is 23.1 Å². The zero-order valence-corrected chi connectivity index (χ0v) is 20.4. The minimum absolute atomic E-state index is 0.0211. The maximum atomic E-state index is 12.8. The molecule has 2 aromatic carbocycles. The Labute approximate surface area is 216 Å². The molecule has 0 atom stereocenters. The molecule has 2 amide bonds. The third-order valence-electron chi connectivity index (χ3n) is 6.47. The van der Waals surface area contributed by atoms with Gasteiger partial charge in [0.05, 0.1) is 11.2 Å². The lowest BCUT2D eigenvalue weighted by Gasteiger charge is -2.32. The molecule has 1 saturated heterocycles. The Morgan fingerprint density at radius 2 is 1.73 bits per heavy atom. The number of anilines is 1. The van der Waals surface area contributed by atoms with Crippen molar-refractivity contribution in [2.45, 2.75) is 25.4 Å². The second-order valence-electron chi connectivity index (χ2n) is 8.74. The maximum absolute atomic E-state index is 12.8. The number of alkyl halides is 2. The molecule has 2 aromatic heterocycles. The van der Waals surface area contributed by atoms with Crippen LogP contribution < -0.4 is 10.1 Å². The molecule has 1 aliphatic heterocycles. The van der Waals surface area contributed by atoms with Crippen molar-refractivity contribution in [1.29, 1.82) is 0 Å². The Balaban J connectivity index is 1.17. The van der Waals surface area contributed by atoms with Crippen molar-refractivity contribution in [2.24, 2.45) is 0 Å². The fraction of sp³-hybridized carbons (Fsp3) is 0.222. The molecule has 1 aliphatic rings. The summed E-state index contributed by atoms with van der Waals surface area (Å²) in [7, 11) is 0. The number of carbonyl (C=O) groups is 2. The topological polar surface area (TPSA) is 75.9 Å². The van der Waals surface area contributed by atoms with E-state index in [0.717, 1.165) is 18.4 Å². The zero-order valence-electron chi connectivity index (χ0n) is 19.6. The number of nitrogens with one attached hydrogen (secondary N) is 1. The van der Waals surface area contributed by atoms with Gasteiger partial charge in [-0.3, -0.25) is 14.0 Å². The first-order valence-corrected chi connectivity index (χ1v) is 12.1. The Morgan fingerprint density at radius 3 is 2.41 bits per heavy atom. The van der Waals surface area contributed by atoms with Crippen LogP contribution in [0.4, 0.5) is 14.5 Å². The first kappa shape index (κ1) is 24.7. The third-order valence-corrected chi connectivity index (χ3v) is 6.76. The number of hydrogen-bond acceptors (Lipinski definition) is 4. The molecule has 1 fully saturated rings. The minimum atomic E-state index is -2.90. The van der Waals surface area contributed by atoms with Crippen molar-refractivity contribution in [3.8, 4) is 5.75 Å². The molecule has 0 radical (unpaired) electrons. The van der Waals surface area contributed by atoms with Crippen LogP contribution in [-0.2, 0) is 0 Å². The normalized spacial score (nSPS) is 14.2. The SMILES string of the molecule is O=C(Nc1ccc(C2CCN(C(=O)c3ccc(OC(F)F)cc3)CC2)cc1)c1cnc2c(Cl)cccn12. The second kappa shape index (κ2) is 10.6. The molecule has 0 bridgehead atoms. The number of pyridine rings is 1. The number of amides is 2. The van der Waals surface area contributed by atoms with Gasteiger partial charge in [0.25, 0.3) is 11.8 Å². The molecule has 37 heavy (non-hydrogen) atoms. The molecule has 3 heterocycles. The molecule has 5 rings (SSSR count). The molecule has 0 saturated carbocycles. The first-order chi connectivity index (χ1) is 17.9. The standard InChI is InChI=1S/C27H23ClF2N4O3/c28-22-2-1-13-34-23(16-31-24(22)34)25(35)32-20-7-3-17(4-8-20)18-11-14-33(15-12-18)26(36)19-5-9-21(10-6-19)37-27(29)30/h1-10,13,16,18,27H,11-12,14-15H2,(H,32,35). The predicted octanol–water partition coefficient (Wildman–Crippen LogP) is 5.86. The fourth-order valence-electron chi connectivity index (χ4n) is 4.56. The summed E-state index contributed by atoms with van der Waals surface area (Å²) in [6, 6.07) is 16.9. The third kappa shape index (κ3) is 5.41. The van der Waals surface area contributed by atoms with Gasteiger partial charge in [-0.2, -0.15) is 8.78 Å². The molecule has 7 nitrogen and oxygen atoms in total. The molecule has 0 spiro atoms. The van der Waals surface area contributed by atoms with Gasteiger partial charge in [0.1, 0.15) is 11.4 Å². The highest BCUT2D eigenvalue weighted by Gasteiger charge is 2.25. The Kier molecular flexibility index (Phi) is 7.05. The highest BCUT2D eigenvalue weighted by molar-refractivity contribution is 6.33. The van der Waals surface area contributed by atoms with Crippen LogP contribution in [0.3, 0.4) is 0 Å². The Bertz CT molecular complexity index is 1420. The Hall–Kier alpha value is -3.98. The number of aromatic nitrogens is 2. The van der Waals surface area contributed by atoms with Gasteiger partial charge >= 0.3 is 6.61 Å². The van der Waals surface area contributed by atoms with Gasteiger partial charge in [-0.15, -0.1) is 0 Å². The monoisotopic (exact) mass is 524 g/mol. The van der Waals surface area contributed by atoms with E-state index in [1.807, 2.05) is 24.3 Å². The number of ether oxygens (including phenoxy) is 1. The Morgan fingerprint density at radius 1 is 1.03 bits per heavy atom. The molecular weight excluding hydrogens is 502 g/mol. The van der Waals surface area contributed by atoms with Gasteiger partial charge in [-0.25, -0.2) is 4.98 Å². The van der Waals surface area contributed by atoms with E-state index >= 15 is 0 Å². The lowest BCUT2D eigenvalue weighted by atomic mass is 9.89. The molecule has 0 aliphatic carbocycles. The molecule has 0 unspecified atom stereocenters. The number of halogens is 3. The highest BCUT2D eigenvalue weighted by atomic mass is 35.5. The maximum Gasteiger partial charge on any atom is 0.387 e. The summed E-state index contributed by atoms with van der Waals surface area (Å²) in [5.74, 6) is -0.110. The quantitative estimate of drug-likeness (QED) is 0.343. The first-order valence-electron chi connectivity index (χ1n) is 11.8. The van der Waals surface area contributed by atoms with Crippen molar-refractivity contribution in [2.75, 3.05) is 18.4 Å². The van der Waals surface area contributed by atoms with Gasteiger partial charge < -0.3 is 15.0 Å². The van der Waals surface area contributed by atoms with Crippen molar-refractivity contribution in [3.63, 3.8) is 0 Å². The van der Waals surface area contributed by atoms with Gasteiger partial charge in [-0.05, 0) is 72.9 Å². The van der Waals surface area contributed by atoms with Crippen LogP contribution in [-0.4, -0.2) is 45.8 Å². The summed E-state index contributed by atoms with van der Waals surface area (Å²) in [5, 5.41) is 3.36. The molecule has 1 N–H and O–H groups in total. The summed E-state index contributed by atoms with van der Waals surface area (Å²) in [6.07, 6.45) is 4.82. The van der Waals surface area contributed by atoms with Crippen LogP contribution in [0.2, 0.25) is 5.02 Å². The number of imidazole rings is 1. The van der Waals surface area contributed by atoms with E-state index in [2.05, 4.69) is 15.0 Å². The average molecular weight is 525 g/mol. The number of benzene rings is 2. The summed E-state index contributed by atoms with van der Waals surface area (Å²) in [4.78, 5) is 31.6. The van der Waals surface area contributed by atoms with Crippen LogP contribution >= 0.6 is 11.6 Å². The van der Waals surface area contributed by atoms with Gasteiger partial charge in [0, 0.05) is 30.5 Å². The van der Waals surface area contributed by atoms with Crippen LogP contribution in [0.25, 0.3) is 5.65 Å².